The van der Waals surface area contributed by atoms with Crippen molar-refractivity contribution in [2.45, 2.75) is 6.54 Å². The van der Waals surface area contributed by atoms with Gasteiger partial charge in [-0.2, -0.15) is 5.10 Å². The fraction of sp³-hybridized carbons (Fsp3) is 0.0556. The molecule has 8 nitrogen and oxygen atoms in total. The Bertz CT molecular complexity index is 1120. The van der Waals surface area contributed by atoms with E-state index < -0.39 is 35.6 Å². The molecule has 0 saturated heterocycles. The Balaban J connectivity index is 1.87. The number of hydrogen-bond acceptors (Lipinski definition) is 6. The van der Waals surface area contributed by atoms with E-state index in [0.29, 0.717) is 9.70 Å². The van der Waals surface area contributed by atoms with Gasteiger partial charge in [-0.3, -0.25) is 19.7 Å². The van der Waals surface area contributed by atoms with Gasteiger partial charge in [-0.15, -0.1) is 0 Å². The van der Waals surface area contributed by atoms with Gasteiger partial charge >= 0.3 is 0 Å². The number of carbonyl (C=O) groups is 3. The van der Waals surface area contributed by atoms with Crippen molar-refractivity contribution in [2.75, 3.05) is 0 Å². The summed E-state index contributed by atoms with van der Waals surface area (Å²) in [5.74, 6) is -3.10. The van der Waals surface area contributed by atoms with Crippen LogP contribution in [0, 0.1) is 0 Å². The first-order chi connectivity index (χ1) is 12.9. The lowest BCUT2D eigenvalue weighted by molar-refractivity contribution is -0.255. The maximum atomic E-state index is 12.4. The van der Waals surface area contributed by atoms with Crippen LogP contribution in [0.2, 0.25) is 5.02 Å². The molecule has 0 unspecified atom stereocenters. The van der Waals surface area contributed by atoms with Gasteiger partial charge in [-0.1, -0.05) is 29.8 Å². The van der Waals surface area contributed by atoms with Gasteiger partial charge in [0.1, 0.15) is 12.2 Å². The molecular formula is C18H11ClN3O5-. The molecule has 0 atom stereocenters. The normalized spacial score (nSPS) is 10.6. The summed E-state index contributed by atoms with van der Waals surface area (Å²) in [4.78, 5) is 47.9. The number of imide groups is 1. The van der Waals surface area contributed by atoms with Crippen molar-refractivity contribution in [1.82, 2.24) is 15.1 Å². The van der Waals surface area contributed by atoms with Gasteiger partial charge in [0.15, 0.2) is 0 Å². The molecule has 0 fully saturated rings. The molecule has 3 aromatic rings. The lowest BCUT2D eigenvalue weighted by atomic mass is 10.1. The van der Waals surface area contributed by atoms with E-state index in [1.807, 2.05) is 0 Å². The number of carboxylic acid groups (broad SMARTS) is 1. The molecule has 27 heavy (non-hydrogen) atoms. The van der Waals surface area contributed by atoms with E-state index in [-0.39, 0.29) is 16.3 Å². The van der Waals surface area contributed by atoms with Crippen molar-refractivity contribution < 1.29 is 19.5 Å². The van der Waals surface area contributed by atoms with Crippen LogP contribution in [0.5, 0.6) is 0 Å². The van der Waals surface area contributed by atoms with Crippen LogP contribution in [0.4, 0.5) is 0 Å². The number of aromatic nitrogens is 2. The molecule has 1 aromatic heterocycles. The molecule has 1 N–H and O–H groups in total. The summed E-state index contributed by atoms with van der Waals surface area (Å²) in [5.41, 5.74) is -0.936. The summed E-state index contributed by atoms with van der Waals surface area (Å²) in [6.45, 7) is -0.636. The molecular weight excluding hydrogens is 374 g/mol. The minimum atomic E-state index is -1.59. The molecule has 0 aliphatic heterocycles. The molecule has 0 saturated carbocycles. The Hall–Kier alpha value is -3.52. The molecule has 0 bridgehead atoms. The van der Waals surface area contributed by atoms with E-state index in [0.717, 1.165) is 0 Å². The van der Waals surface area contributed by atoms with Gasteiger partial charge in [0.2, 0.25) is 5.91 Å². The van der Waals surface area contributed by atoms with Crippen molar-refractivity contribution in [1.29, 1.82) is 0 Å². The number of nitrogens with one attached hydrogen (secondary N) is 1. The smallest absolute Gasteiger partial charge is 0.275 e. The quantitative estimate of drug-likeness (QED) is 0.693. The van der Waals surface area contributed by atoms with E-state index in [4.69, 9.17) is 11.6 Å². The number of nitrogens with zero attached hydrogens (tertiary/aromatic N) is 2. The van der Waals surface area contributed by atoms with Gasteiger partial charge in [0.25, 0.3) is 11.5 Å². The highest BCUT2D eigenvalue weighted by atomic mass is 35.5. The first-order valence-corrected chi connectivity index (χ1v) is 8.05. The number of amides is 2. The zero-order chi connectivity index (χ0) is 19.6. The summed E-state index contributed by atoms with van der Waals surface area (Å²) < 4.78 is 0.679. The minimum absolute atomic E-state index is 0.0727. The number of carboxylic acids is 1. The number of rotatable bonds is 4. The van der Waals surface area contributed by atoms with Gasteiger partial charge in [0, 0.05) is 16.0 Å². The largest absolute Gasteiger partial charge is 0.543 e. The van der Waals surface area contributed by atoms with Gasteiger partial charge in [-0.25, -0.2) is 4.68 Å². The maximum Gasteiger partial charge on any atom is 0.275 e. The Morgan fingerprint density at radius 2 is 1.67 bits per heavy atom. The molecule has 1 heterocycles. The lowest BCUT2D eigenvalue weighted by Crippen LogP contribution is -2.38. The Morgan fingerprint density at radius 1 is 1.04 bits per heavy atom. The van der Waals surface area contributed by atoms with Crippen LogP contribution >= 0.6 is 11.6 Å². The Morgan fingerprint density at radius 3 is 2.30 bits per heavy atom. The number of carbonyl (C=O) groups excluding carboxylic acids is 3. The average molecular weight is 385 g/mol. The summed E-state index contributed by atoms with van der Waals surface area (Å²) in [6, 6.07) is 11.8. The fourth-order valence-electron chi connectivity index (χ4n) is 2.47. The van der Waals surface area contributed by atoms with Gasteiger partial charge in [-0.05, 0) is 30.3 Å². The van der Waals surface area contributed by atoms with Crippen LogP contribution in [-0.4, -0.2) is 27.6 Å². The van der Waals surface area contributed by atoms with Crippen LogP contribution in [0.3, 0.4) is 0 Å². The number of halogens is 1. The molecule has 136 valence electrons. The second-order valence-corrected chi connectivity index (χ2v) is 5.97. The van der Waals surface area contributed by atoms with Crippen molar-refractivity contribution in [3.63, 3.8) is 0 Å². The molecule has 2 aromatic carbocycles. The van der Waals surface area contributed by atoms with E-state index in [1.165, 1.54) is 36.4 Å². The zero-order valence-corrected chi connectivity index (χ0v) is 14.4. The summed E-state index contributed by atoms with van der Waals surface area (Å²) in [5, 5.41) is 17.7. The number of hydrogen-bond donors (Lipinski definition) is 1. The first-order valence-electron chi connectivity index (χ1n) is 7.68. The van der Waals surface area contributed by atoms with Crippen LogP contribution in [0.25, 0.3) is 10.8 Å². The van der Waals surface area contributed by atoms with E-state index in [2.05, 4.69) is 10.4 Å². The highest BCUT2D eigenvalue weighted by molar-refractivity contribution is 6.30. The molecule has 3 rings (SSSR count). The summed E-state index contributed by atoms with van der Waals surface area (Å²) >= 11 is 5.74. The zero-order valence-electron chi connectivity index (χ0n) is 13.6. The predicted molar refractivity (Wildman–Crippen MR) is 94.3 cm³/mol. The first kappa shape index (κ1) is 18.3. The van der Waals surface area contributed by atoms with Crippen molar-refractivity contribution in [2.24, 2.45) is 0 Å². The second-order valence-electron chi connectivity index (χ2n) is 5.53. The molecule has 2 amide bonds. The highest BCUT2D eigenvalue weighted by Gasteiger charge is 2.15. The average Bonchev–Trinajstić information content (AvgIpc) is 2.64. The lowest BCUT2D eigenvalue weighted by Gasteiger charge is -2.11. The van der Waals surface area contributed by atoms with E-state index in [9.17, 15) is 24.3 Å². The summed E-state index contributed by atoms with van der Waals surface area (Å²) in [7, 11) is 0. The predicted octanol–water partition coefficient (Wildman–Crippen LogP) is 0.370. The highest BCUT2D eigenvalue weighted by Crippen LogP contribution is 2.12. The SMILES string of the molecule is O=C(Cn1nc(C(=O)[O-])c2ccccc2c1=O)NC(=O)c1ccc(Cl)cc1. The van der Waals surface area contributed by atoms with E-state index >= 15 is 0 Å². The van der Waals surface area contributed by atoms with Crippen molar-refractivity contribution >= 4 is 40.2 Å². The van der Waals surface area contributed by atoms with Crippen LogP contribution < -0.4 is 16.0 Å². The molecule has 0 aliphatic rings. The number of fused-ring (bicyclic) bond motifs is 1. The number of benzene rings is 2. The van der Waals surface area contributed by atoms with Gasteiger partial charge in [0.05, 0.1) is 11.4 Å². The maximum absolute atomic E-state index is 12.4. The molecule has 0 spiro atoms. The van der Waals surface area contributed by atoms with Crippen molar-refractivity contribution in [3.8, 4) is 0 Å². The molecule has 0 radical (unpaired) electrons. The fourth-order valence-corrected chi connectivity index (χ4v) is 2.59. The summed E-state index contributed by atoms with van der Waals surface area (Å²) in [6.07, 6.45) is 0. The Kier molecular flexibility index (Phi) is 5.00. The van der Waals surface area contributed by atoms with Crippen LogP contribution in [-0.2, 0) is 11.3 Å². The second kappa shape index (κ2) is 7.38. The topological polar surface area (TPSA) is 121 Å². The standard InChI is InChI=1S/C18H12ClN3O5/c19-11-7-5-10(6-8-11)16(24)20-14(23)9-22-17(25)13-4-2-1-3-12(13)15(21-22)18(26)27/h1-8H,9H2,(H,26,27)(H,20,23,24)/p-1. The third kappa shape index (κ3) is 3.85. The van der Waals surface area contributed by atoms with Crippen LogP contribution in [0.1, 0.15) is 20.8 Å². The van der Waals surface area contributed by atoms with Crippen LogP contribution in [0.15, 0.2) is 53.3 Å². The third-order valence-corrected chi connectivity index (χ3v) is 3.97. The monoisotopic (exact) mass is 384 g/mol. The third-order valence-electron chi connectivity index (χ3n) is 3.71. The van der Waals surface area contributed by atoms with Crippen molar-refractivity contribution in [3.05, 3.63) is 75.2 Å². The molecule has 0 aliphatic carbocycles. The number of aromatic carboxylic acids is 1. The Labute approximate surface area is 157 Å². The van der Waals surface area contributed by atoms with Gasteiger partial charge < -0.3 is 9.90 Å². The van der Waals surface area contributed by atoms with E-state index in [1.54, 1.807) is 12.1 Å². The minimum Gasteiger partial charge on any atom is -0.543 e. The molecule has 9 heteroatoms.